The number of nitrogens with zero attached hydrogens (tertiary/aromatic N) is 3. The molecule has 1 aliphatic rings. The Morgan fingerprint density at radius 3 is 2.55 bits per heavy atom. The van der Waals surface area contributed by atoms with Gasteiger partial charge in [0.05, 0.1) is 0 Å². The maximum atomic E-state index is 6.30. The summed E-state index contributed by atoms with van der Waals surface area (Å²) in [6, 6.07) is 8.14. The Hall–Kier alpha value is -1.57. The van der Waals surface area contributed by atoms with E-state index in [0.717, 1.165) is 30.5 Å². The summed E-state index contributed by atoms with van der Waals surface area (Å²) >= 11 is 2.29. The highest BCUT2D eigenvalue weighted by Gasteiger charge is 2.20. The normalized spacial score (nSPS) is 15.8. The van der Waals surface area contributed by atoms with E-state index < -0.39 is 0 Å². The van der Waals surface area contributed by atoms with Crippen LogP contribution in [-0.4, -0.2) is 23.1 Å². The topological polar surface area (TPSA) is 67.1 Å². The molecule has 0 saturated carbocycles. The van der Waals surface area contributed by atoms with E-state index >= 15 is 0 Å². The number of hydrogen-bond acceptors (Lipinski definition) is 5. The van der Waals surface area contributed by atoms with Gasteiger partial charge < -0.3 is 16.0 Å². The zero-order valence-corrected chi connectivity index (χ0v) is 14.7. The standard InChI is InChI=1S/C16H20IN5/c1-11-6-8-22(9-7-11)16-14(18)15(19-10-20-16)21-13-4-2-12(17)3-5-13/h2-5,10-11H,6-9,18H2,1H3,(H,19,20,21). The summed E-state index contributed by atoms with van der Waals surface area (Å²) in [5.41, 5.74) is 7.89. The highest BCUT2D eigenvalue weighted by molar-refractivity contribution is 14.1. The molecule has 0 spiro atoms. The molecule has 3 N–H and O–H groups in total. The number of nitrogen functional groups attached to an aromatic ring is 1. The van der Waals surface area contributed by atoms with E-state index in [0.29, 0.717) is 11.5 Å². The molecule has 1 fully saturated rings. The largest absolute Gasteiger partial charge is 0.393 e. The van der Waals surface area contributed by atoms with Gasteiger partial charge in [-0.15, -0.1) is 0 Å². The Kier molecular flexibility index (Phi) is 4.66. The van der Waals surface area contributed by atoms with Crippen molar-refractivity contribution in [1.82, 2.24) is 9.97 Å². The first kappa shape index (κ1) is 15.3. The number of aromatic nitrogens is 2. The van der Waals surface area contributed by atoms with Gasteiger partial charge in [0, 0.05) is 22.3 Å². The fourth-order valence-electron chi connectivity index (χ4n) is 2.63. The first-order valence-electron chi connectivity index (χ1n) is 7.51. The van der Waals surface area contributed by atoms with Gasteiger partial charge in [-0.2, -0.15) is 0 Å². The molecule has 2 aromatic rings. The minimum atomic E-state index is 0.621. The van der Waals surface area contributed by atoms with Crippen LogP contribution in [0.1, 0.15) is 19.8 Å². The van der Waals surface area contributed by atoms with Crippen molar-refractivity contribution in [3.8, 4) is 0 Å². The van der Waals surface area contributed by atoms with E-state index in [2.05, 4.69) is 49.7 Å². The summed E-state index contributed by atoms with van der Waals surface area (Å²) < 4.78 is 1.20. The SMILES string of the molecule is CC1CCN(c2ncnc(Nc3ccc(I)cc3)c2N)CC1. The number of nitrogens with two attached hydrogens (primary N) is 1. The van der Waals surface area contributed by atoms with Crippen LogP contribution in [0.3, 0.4) is 0 Å². The van der Waals surface area contributed by atoms with E-state index in [4.69, 9.17) is 5.73 Å². The van der Waals surface area contributed by atoms with Crippen LogP contribution in [0.25, 0.3) is 0 Å². The van der Waals surface area contributed by atoms with Crippen molar-refractivity contribution in [3.05, 3.63) is 34.2 Å². The van der Waals surface area contributed by atoms with Gasteiger partial charge in [0.2, 0.25) is 0 Å². The number of piperidine rings is 1. The lowest BCUT2D eigenvalue weighted by molar-refractivity contribution is 0.437. The van der Waals surface area contributed by atoms with Crippen molar-refractivity contribution in [2.24, 2.45) is 5.92 Å². The Morgan fingerprint density at radius 1 is 1.18 bits per heavy atom. The monoisotopic (exact) mass is 409 g/mol. The van der Waals surface area contributed by atoms with Crippen LogP contribution in [0.5, 0.6) is 0 Å². The molecule has 3 rings (SSSR count). The molecule has 1 aliphatic heterocycles. The van der Waals surface area contributed by atoms with E-state index in [9.17, 15) is 0 Å². The first-order chi connectivity index (χ1) is 10.6. The smallest absolute Gasteiger partial charge is 0.159 e. The van der Waals surface area contributed by atoms with Crippen molar-refractivity contribution in [2.45, 2.75) is 19.8 Å². The fourth-order valence-corrected chi connectivity index (χ4v) is 2.99. The van der Waals surface area contributed by atoms with Crippen LogP contribution < -0.4 is 16.0 Å². The average Bonchev–Trinajstić information content (AvgIpc) is 2.53. The number of nitrogens with one attached hydrogen (secondary N) is 1. The molecule has 0 aliphatic carbocycles. The third kappa shape index (κ3) is 3.43. The van der Waals surface area contributed by atoms with Crippen molar-refractivity contribution in [2.75, 3.05) is 29.0 Å². The van der Waals surface area contributed by atoms with Crippen LogP contribution >= 0.6 is 22.6 Å². The zero-order valence-electron chi connectivity index (χ0n) is 12.6. The second-order valence-corrected chi connectivity index (χ2v) is 7.01. The lowest BCUT2D eigenvalue weighted by atomic mass is 9.99. The van der Waals surface area contributed by atoms with Crippen molar-refractivity contribution in [1.29, 1.82) is 0 Å². The number of hydrogen-bond donors (Lipinski definition) is 2. The zero-order chi connectivity index (χ0) is 15.5. The van der Waals surface area contributed by atoms with E-state index in [-0.39, 0.29) is 0 Å². The predicted molar refractivity (Wildman–Crippen MR) is 99.5 cm³/mol. The average molecular weight is 409 g/mol. The van der Waals surface area contributed by atoms with Gasteiger partial charge in [-0.05, 0) is 65.6 Å². The molecule has 0 amide bonds. The Morgan fingerprint density at radius 2 is 1.86 bits per heavy atom. The van der Waals surface area contributed by atoms with Gasteiger partial charge in [-0.1, -0.05) is 6.92 Å². The van der Waals surface area contributed by atoms with E-state index in [1.54, 1.807) is 6.33 Å². The van der Waals surface area contributed by atoms with Gasteiger partial charge in [0.25, 0.3) is 0 Å². The van der Waals surface area contributed by atoms with Crippen molar-refractivity contribution < 1.29 is 0 Å². The molecule has 0 unspecified atom stereocenters. The van der Waals surface area contributed by atoms with E-state index in [1.165, 1.54) is 16.4 Å². The van der Waals surface area contributed by atoms with Gasteiger partial charge >= 0.3 is 0 Å². The maximum Gasteiger partial charge on any atom is 0.159 e. The number of anilines is 4. The summed E-state index contributed by atoms with van der Waals surface area (Å²) in [4.78, 5) is 10.9. The molecule has 6 heteroatoms. The second kappa shape index (κ2) is 6.68. The molecule has 1 saturated heterocycles. The summed E-state index contributed by atoms with van der Waals surface area (Å²) in [5.74, 6) is 2.29. The Balaban J connectivity index is 1.81. The first-order valence-corrected chi connectivity index (χ1v) is 8.59. The molecule has 1 aromatic heterocycles. The van der Waals surface area contributed by atoms with Crippen molar-refractivity contribution in [3.63, 3.8) is 0 Å². The van der Waals surface area contributed by atoms with Crippen LogP contribution in [-0.2, 0) is 0 Å². The van der Waals surface area contributed by atoms with Crippen LogP contribution in [0.4, 0.5) is 23.0 Å². The van der Waals surface area contributed by atoms with E-state index in [1.807, 2.05) is 24.3 Å². The molecule has 116 valence electrons. The van der Waals surface area contributed by atoms with Crippen LogP contribution in [0, 0.1) is 9.49 Å². The lowest BCUT2D eigenvalue weighted by Crippen LogP contribution is -2.34. The Labute approximate surface area is 144 Å². The molecular weight excluding hydrogens is 389 g/mol. The van der Waals surface area contributed by atoms with Gasteiger partial charge in [-0.25, -0.2) is 9.97 Å². The van der Waals surface area contributed by atoms with Crippen molar-refractivity contribution >= 4 is 45.6 Å². The number of halogens is 1. The summed E-state index contributed by atoms with van der Waals surface area (Å²) in [7, 11) is 0. The summed E-state index contributed by atoms with van der Waals surface area (Å²) in [6.07, 6.45) is 3.95. The minimum absolute atomic E-state index is 0.621. The van der Waals surface area contributed by atoms with Gasteiger partial charge in [-0.3, -0.25) is 0 Å². The molecule has 0 radical (unpaired) electrons. The van der Waals surface area contributed by atoms with Crippen LogP contribution in [0.15, 0.2) is 30.6 Å². The summed E-state index contributed by atoms with van der Waals surface area (Å²) in [6.45, 7) is 4.31. The molecule has 0 bridgehead atoms. The second-order valence-electron chi connectivity index (χ2n) is 5.76. The Bertz CT molecular complexity index is 635. The third-order valence-corrected chi connectivity index (χ3v) is 4.77. The molecule has 22 heavy (non-hydrogen) atoms. The molecule has 1 aromatic carbocycles. The molecule has 0 atom stereocenters. The molecular formula is C16H20IN5. The molecule has 5 nitrogen and oxygen atoms in total. The number of benzene rings is 1. The van der Waals surface area contributed by atoms with Gasteiger partial charge in [0.15, 0.2) is 11.6 Å². The van der Waals surface area contributed by atoms with Gasteiger partial charge in [0.1, 0.15) is 12.0 Å². The predicted octanol–water partition coefficient (Wildman–Crippen LogP) is 3.64. The van der Waals surface area contributed by atoms with Crippen LogP contribution in [0.2, 0.25) is 0 Å². The quantitative estimate of drug-likeness (QED) is 0.758. The lowest BCUT2D eigenvalue weighted by Gasteiger charge is -2.32. The molecule has 2 heterocycles. The highest BCUT2D eigenvalue weighted by Crippen LogP contribution is 2.31. The minimum Gasteiger partial charge on any atom is -0.393 e. The highest BCUT2D eigenvalue weighted by atomic mass is 127. The fraction of sp³-hybridized carbons (Fsp3) is 0.375. The summed E-state index contributed by atoms with van der Waals surface area (Å²) in [5, 5.41) is 3.28. The maximum absolute atomic E-state index is 6.30. The number of rotatable bonds is 3. The third-order valence-electron chi connectivity index (χ3n) is 4.05.